The molecule has 0 aromatic rings. The fraction of sp³-hybridized carbons (Fsp3) is 0.857. The van der Waals surface area contributed by atoms with Crippen molar-refractivity contribution in [1.82, 2.24) is 0 Å². The van der Waals surface area contributed by atoms with Crippen molar-refractivity contribution in [1.29, 1.82) is 0 Å². The van der Waals surface area contributed by atoms with Crippen LogP contribution < -0.4 is 10.4 Å². The van der Waals surface area contributed by atoms with Crippen LogP contribution in [0.25, 0.3) is 0 Å². The van der Waals surface area contributed by atoms with Crippen molar-refractivity contribution in [2.45, 2.75) is 18.5 Å². The Kier molecular flexibility index (Phi) is 3.46. The summed E-state index contributed by atoms with van der Waals surface area (Å²) in [6, 6.07) is -1.33. The fourth-order valence-corrected chi connectivity index (χ4v) is 3.28. The van der Waals surface area contributed by atoms with Crippen molar-refractivity contribution in [2.75, 3.05) is 18.1 Å². The largest absolute Gasteiger partial charge is 0.544 e. The van der Waals surface area contributed by atoms with Gasteiger partial charge in [0.25, 0.3) is 0 Å². The topological polar surface area (TPSA) is 111 Å². The summed E-state index contributed by atoms with van der Waals surface area (Å²) in [6.07, 6.45) is 0.437. The van der Waals surface area contributed by atoms with Gasteiger partial charge in [-0.2, -0.15) is 0 Å². The number of carboxylic acid groups (broad SMARTS) is 1. The first-order chi connectivity index (χ1) is 6.44. The van der Waals surface area contributed by atoms with Gasteiger partial charge >= 0.3 is 0 Å². The molecule has 1 heterocycles. The van der Waals surface area contributed by atoms with Crippen molar-refractivity contribution in [3.05, 3.63) is 0 Å². The van der Waals surface area contributed by atoms with Crippen LogP contribution in [0.1, 0.15) is 6.42 Å². The number of carbonyl (C=O) groups is 1. The predicted octanol–water partition coefficient (Wildman–Crippen LogP) is -4.15. The lowest BCUT2D eigenvalue weighted by molar-refractivity contribution is -0.712. The van der Waals surface area contributed by atoms with Gasteiger partial charge in [0.2, 0.25) is 0 Å². The van der Waals surface area contributed by atoms with Crippen LogP contribution in [0.2, 0.25) is 0 Å². The van der Waals surface area contributed by atoms with Crippen molar-refractivity contribution < 1.29 is 28.7 Å². The van der Waals surface area contributed by atoms with Gasteiger partial charge in [0.15, 0.2) is 9.84 Å². The molecule has 3 N–H and O–H groups in total. The Bertz CT molecular complexity index is 312. The second kappa shape index (κ2) is 4.24. The van der Waals surface area contributed by atoms with E-state index in [1.165, 1.54) is 5.32 Å². The van der Waals surface area contributed by atoms with Gasteiger partial charge in [0.1, 0.15) is 30.4 Å². The van der Waals surface area contributed by atoms with Crippen molar-refractivity contribution >= 4 is 15.8 Å². The van der Waals surface area contributed by atoms with E-state index in [0.717, 1.165) is 0 Å². The van der Waals surface area contributed by atoms with Gasteiger partial charge in [0, 0.05) is 6.42 Å². The molecule has 0 aliphatic carbocycles. The lowest BCUT2D eigenvalue weighted by Gasteiger charge is -2.17. The van der Waals surface area contributed by atoms with Gasteiger partial charge in [0.05, 0.1) is 5.75 Å². The third-order valence-electron chi connectivity index (χ3n) is 2.27. The van der Waals surface area contributed by atoms with E-state index in [2.05, 4.69) is 0 Å². The molecule has 1 fully saturated rings. The molecule has 0 saturated carbocycles. The van der Waals surface area contributed by atoms with Crippen LogP contribution >= 0.6 is 0 Å². The van der Waals surface area contributed by atoms with Gasteiger partial charge in [-0.05, 0) is 0 Å². The van der Waals surface area contributed by atoms with E-state index in [9.17, 15) is 18.3 Å². The summed E-state index contributed by atoms with van der Waals surface area (Å²) in [6.45, 7) is -0.543. The van der Waals surface area contributed by atoms with E-state index in [-0.39, 0.29) is 17.5 Å². The summed E-state index contributed by atoms with van der Waals surface area (Å²) in [5.41, 5.74) is 0. The van der Waals surface area contributed by atoms with Gasteiger partial charge < -0.3 is 20.3 Å². The molecular weight excluding hydrogens is 210 g/mol. The quantitative estimate of drug-likeness (QED) is 0.502. The molecule has 14 heavy (non-hydrogen) atoms. The maximum Gasteiger partial charge on any atom is 0.156 e. The van der Waals surface area contributed by atoms with E-state index in [0.29, 0.717) is 6.42 Å². The highest BCUT2D eigenvalue weighted by Crippen LogP contribution is 2.07. The smallest absolute Gasteiger partial charge is 0.156 e. The summed E-state index contributed by atoms with van der Waals surface area (Å²) in [5.74, 6) is -1.28. The Morgan fingerprint density at radius 3 is 2.64 bits per heavy atom. The molecule has 0 bridgehead atoms. The lowest BCUT2D eigenvalue weighted by atomic mass is 10.2. The molecule has 0 unspecified atom stereocenters. The van der Waals surface area contributed by atoms with Gasteiger partial charge in [-0.25, -0.2) is 8.42 Å². The van der Waals surface area contributed by atoms with E-state index in [1.54, 1.807) is 0 Å². The summed E-state index contributed by atoms with van der Waals surface area (Å²) >= 11 is 0. The molecule has 6 nitrogen and oxygen atoms in total. The molecule has 0 spiro atoms. The van der Waals surface area contributed by atoms with Crippen LogP contribution in [0.5, 0.6) is 0 Å². The number of aliphatic hydroxyl groups excluding tert-OH is 1. The number of hydrogen-bond acceptors (Lipinski definition) is 5. The number of sulfone groups is 1. The van der Waals surface area contributed by atoms with Crippen molar-refractivity contribution in [3.63, 3.8) is 0 Å². The number of hydrogen-bond donors (Lipinski definition) is 2. The molecule has 82 valence electrons. The van der Waals surface area contributed by atoms with Gasteiger partial charge in [-0.1, -0.05) is 0 Å². The van der Waals surface area contributed by atoms with Crippen LogP contribution in [0.4, 0.5) is 0 Å². The zero-order valence-corrected chi connectivity index (χ0v) is 8.37. The average molecular weight is 223 g/mol. The van der Waals surface area contributed by atoms with E-state index in [4.69, 9.17) is 5.11 Å². The number of aliphatic hydroxyl groups is 1. The standard InChI is InChI=1S/C7H13NO5S/c9-3-6(7(10)11)8-5-1-2-14(12,13)4-5/h5-6,8-9H,1-4H2,(H,10,11)/t5-,6-/m0/s1. The second-order valence-electron chi connectivity index (χ2n) is 3.46. The first kappa shape index (κ1) is 11.4. The minimum absolute atomic E-state index is 0.0171. The number of carbonyl (C=O) groups excluding carboxylic acids is 1. The first-order valence-electron chi connectivity index (χ1n) is 4.32. The molecule has 7 heteroatoms. The highest BCUT2D eigenvalue weighted by Gasteiger charge is 2.32. The van der Waals surface area contributed by atoms with Crippen LogP contribution in [0.15, 0.2) is 0 Å². The molecule has 0 radical (unpaired) electrons. The molecule has 0 aromatic heterocycles. The Labute approximate surface area is 81.8 Å². The average Bonchev–Trinajstić information content (AvgIpc) is 2.41. The van der Waals surface area contributed by atoms with Crippen LogP contribution in [0, 0.1) is 0 Å². The molecule has 0 aromatic carbocycles. The Morgan fingerprint density at radius 2 is 2.29 bits per heavy atom. The maximum atomic E-state index is 11.0. The van der Waals surface area contributed by atoms with E-state index in [1.807, 2.05) is 0 Å². The third-order valence-corrected chi connectivity index (χ3v) is 4.07. The number of rotatable bonds is 4. The molecule has 1 aliphatic rings. The normalized spacial score (nSPS) is 27.4. The van der Waals surface area contributed by atoms with Crippen LogP contribution in [-0.4, -0.2) is 49.7 Å². The summed E-state index contributed by atoms with van der Waals surface area (Å²) in [5, 5.41) is 20.5. The van der Waals surface area contributed by atoms with Gasteiger partial charge in [-0.3, -0.25) is 0 Å². The van der Waals surface area contributed by atoms with E-state index < -0.39 is 28.5 Å². The molecular formula is C7H13NO5S. The summed E-state index contributed by atoms with van der Waals surface area (Å²) in [4.78, 5) is 10.4. The molecule has 0 amide bonds. The Balaban J connectivity index is 2.50. The zero-order valence-electron chi connectivity index (χ0n) is 7.55. The van der Waals surface area contributed by atoms with Crippen LogP contribution in [-0.2, 0) is 14.6 Å². The summed E-state index contributed by atoms with van der Waals surface area (Å²) in [7, 11) is -3.00. The highest BCUT2D eigenvalue weighted by atomic mass is 32.2. The minimum atomic E-state index is -3.00. The number of quaternary nitrogens is 1. The predicted molar refractivity (Wildman–Crippen MR) is 44.9 cm³/mol. The SMILES string of the molecule is O=C([O-])[C@H](CO)[NH2+][C@H]1CCS(=O)(=O)C1. The maximum absolute atomic E-state index is 11.0. The fourth-order valence-electron chi connectivity index (χ4n) is 1.52. The van der Waals surface area contributed by atoms with E-state index >= 15 is 0 Å². The summed E-state index contributed by atoms with van der Waals surface area (Å²) < 4.78 is 22.1. The number of carboxylic acids is 1. The highest BCUT2D eigenvalue weighted by molar-refractivity contribution is 7.91. The molecule has 1 rings (SSSR count). The van der Waals surface area contributed by atoms with Crippen molar-refractivity contribution in [2.24, 2.45) is 0 Å². The second-order valence-corrected chi connectivity index (χ2v) is 5.69. The van der Waals surface area contributed by atoms with Crippen LogP contribution in [0.3, 0.4) is 0 Å². The monoisotopic (exact) mass is 223 g/mol. The molecule has 1 saturated heterocycles. The minimum Gasteiger partial charge on any atom is -0.544 e. The Morgan fingerprint density at radius 1 is 1.64 bits per heavy atom. The van der Waals surface area contributed by atoms with Crippen molar-refractivity contribution in [3.8, 4) is 0 Å². The number of nitrogens with two attached hydrogens (primary N) is 1. The zero-order chi connectivity index (χ0) is 10.8. The molecule has 2 atom stereocenters. The first-order valence-corrected chi connectivity index (χ1v) is 6.14. The number of aliphatic carboxylic acids is 1. The Hall–Kier alpha value is -0.660. The van der Waals surface area contributed by atoms with Gasteiger partial charge in [-0.15, -0.1) is 0 Å². The third kappa shape index (κ3) is 2.93. The lowest BCUT2D eigenvalue weighted by Crippen LogP contribution is -2.98. The molecule has 1 aliphatic heterocycles.